The first-order chi connectivity index (χ1) is 18.4. The smallest absolute Gasteiger partial charge is 0.252 e. The molecule has 5 nitrogen and oxygen atoms in total. The van der Waals surface area contributed by atoms with Gasteiger partial charge in [-0.25, -0.2) is 0 Å². The highest BCUT2D eigenvalue weighted by molar-refractivity contribution is 5.81. The highest BCUT2D eigenvalue weighted by Gasteiger charge is 2.27. The van der Waals surface area contributed by atoms with Crippen molar-refractivity contribution < 1.29 is 14.3 Å². The van der Waals surface area contributed by atoms with Gasteiger partial charge in [0, 0.05) is 46.1 Å². The molecule has 0 aliphatic carbocycles. The van der Waals surface area contributed by atoms with Crippen molar-refractivity contribution in [2.24, 2.45) is 5.92 Å². The topological polar surface area (TPSA) is 49.9 Å². The average molecular weight is 521 g/mol. The van der Waals surface area contributed by atoms with E-state index in [0.29, 0.717) is 31.9 Å². The van der Waals surface area contributed by atoms with Gasteiger partial charge in [-0.1, -0.05) is 82.0 Å². The Balaban J connectivity index is 1.57. The number of unbranched alkanes of at least 4 members (excludes halogenated alkanes) is 4. The number of nitrogens with zero attached hydrogens (tertiary/aromatic N) is 2. The number of rotatable bonds is 14. The van der Waals surface area contributed by atoms with Crippen molar-refractivity contribution in [2.45, 2.75) is 91.2 Å². The maximum atomic E-state index is 13.1. The zero-order valence-corrected chi connectivity index (χ0v) is 24.1. The molecule has 3 rings (SSSR count). The zero-order chi connectivity index (χ0) is 27.3. The van der Waals surface area contributed by atoms with Gasteiger partial charge in [-0.2, -0.15) is 0 Å². The molecule has 1 aliphatic heterocycles. The SMILES string of the molecule is CCCCCCCC(=O)N(C)Cc1cccc(-c2ccc(CC(OCC)C(=O)N3CCC(C)CC3)cc2)c1. The molecule has 1 saturated heterocycles. The van der Waals surface area contributed by atoms with Crippen molar-refractivity contribution in [3.8, 4) is 11.1 Å². The van der Waals surface area contributed by atoms with Gasteiger partial charge in [-0.15, -0.1) is 0 Å². The fourth-order valence-electron chi connectivity index (χ4n) is 5.18. The Hall–Kier alpha value is -2.66. The summed E-state index contributed by atoms with van der Waals surface area (Å²) < 4.78 is 5.89. The van der Waals surface area contributed by atoms with Crippen LogP contribution in [0.4, 0.5) is 0 Å². The monoisotopic (exact) mass is 520 g/mol. The van der Waals surface area contributed by atoms with E-state index in [9.17, 15) is 9.59 Å². The van der Waals surface area contributed by atoms with Gasteiger partial charge in [0.15, 0.2) is 0 Å². The Morgan fingerprint density at radius 3 is 2.34 bits per heavy atom. The zero-order valence-electron chi connectivity index (χ0n) is 24.1. The fourth-order valence-corrected chi connectivity index (χ4v) is 5.18. The van der Waals surface area contributed by atoms with Crippen molar-refractivity contribution in [3.63, 3.8) is 0 Å². The van der Waals surface area contributed by atoms with E-state index in [1.165, 1.54) is 19.3 Å². The molecule has 2 aromatic rings. The molecule has 1 unspecified atom stereocenters. The molecule has 1 fully saturated rings. The summed E-state index contributed by atoms with van der Waals surface area (Å²) in [7, 11) is 1.90. The number of benzene rings is 2. The number of carbonyl (C=O) groups excluding carboxylic acids is 2. The van der Waals surface area contributed by atoms with Gasteiger partial charge >= 0.3 is 0 Å². The first kappa shape index (κ1) is 29.9. The van der Waals surface area contributed by atoms with E-state index < -0.39 is 6.10 Å². The molecule has 2 aromatic carbocycles. The third-order valence-corrected chi connectivity index (χ3v) is 7.71. The number of amides is 2. The van der Waals surface area contributed by atoms with Gasteiger partial charge in [-0.05, 0) is 60.4 Å². The second-order valence-electron chi connectivity index (χ2n) is 11.0. The molecule has 0 bridgehead atoms. The minimum atomic E-state index is -0.428. The second kappa shape index (κ2) is 15.7. The van der Waals surface area contributed by atoms with E-state index in [0.717, 1.165) is 61.0 Å². The number of carbonyl (C=O) groups is 2. The molecular weight excluding hydrogens is 472 g/mol. The predicted molar refractivity (Wildman–Crippen MR) is 156 cm³/mol. The number of ether oxygens (including phenoxy) is 1. The minimum Gasteiger partial charge on any atom is -0.368 e. The van der Waals surface area contributed by atoms with Crippen LogP contribution in [0, 0.1) is 5.92 Å². The molecule has 208 valence electrons. The molecule has 38 heavy (non-hydrogen) atoms. The van der Waals surface area contributed by atoms with Crippen molar-refractivity contribution >= 4 is 11.8 Å². The van der Waals surface area contributed by atoms with Gasteiger partial charge in [0.2, 0.25) is 5.91 Å². The molecule has 1 atom stereocenters. The summed E-state index contributed by atoms with van der Waals surface area (Å²) in [6.07, 6.45) is 8.73. The molecule has 0 N–H and O–H groups in total. The summed E-state index contributed by atoms with van der Waals surface area (Å²) in [5.41, 5.74) is 4.50. The molecule has 1 aliphatic rings. The molecule has 0 spiro atoms. The van der Waals surface area contributed by atoms with E-state index in [1.807, 2.05) is 23.8 Å². The van der Waals surface area contributed by atoms with Crippen LogP contribution in [0.1, 0.15) is 83.3 Å². The van der Waals surface area contributed by atoms with Crippen LogP contribution in [-0.2, 0) is 27.3 Å². The van der Waals surface area contributed by atoms with Crippen molar-refractivity contribution in [2.75, 3.05) is 26.7 Å². The number of hydrogen-bond donors (Lipinski definition) is 0. The molecule has 0 saturated carbocycles. The molecule has 0 radical (unpaired) electrons. The van der Waals surface area contributed by atoms with Crippen LogP contribution in [0.3, 0.4) is 0 Å². The standard InChI is InChI=1S/C33H48N2O3/c1-5-7-8-9-10-14-32(36)34(4)25-28-12-11-13-30(23-28)29-17-15-27(16-18-29)24-31(38-6-2)33(37)35-21-19-26(3)20-22-35/h11-13,15-18,23,26,31H,5-10,14,19-22,24-25H2,1-4H3. The maximum Gasteiger partial charge on any atom is 0.252 e. The van der Waals surface area contributed by atoms with Crippen LogP contribution >= 0.6 is 0 Å². The number of piperidine rings is 1. The van der Waals surface area contributed by atoms with Crippen molar-refractivity contribution in [1.82, 2.24) is 9.80 Å². The lowest BCUT2D eigenvalue weighted by atomic mass is 9.97. The largest absolute Gasteiger partial charge is 0.368 e. The van der Waals surface area contributed by atoms with Crippen LogP contribution in [-0.4, -0.2) is 54.5 Å². The van der Waals surface area contributed by atoms with E-state index in [1.54, 1.807) is 0 Å². The van der Waals surface area contributed by atoms with Gasteiger partial charge in [0.1, 0.15) is 6.10 Å². The predicted octanol–water partition coefficient (Wildman–Crippen LogP) is 6.88. The summed E-state index contributed by atoms with van der Waals surface area (Å²) in [6, 6.07) is 16.9. The highest BCUT2D eigenvalue weighted by Crippen LogP contribution is 2.23. The molecule has 1 heterocycles. The maximum absolute atomic E-state index is 13.1. The van der Waals surface area contributed by atoms with E-state index in [2.05, 4.69) is 62.4 Å². The number of hydrogen-bond acceptors (Lipinski definition) is 3. The van der Waals surface area contributed by atoms with Gasteiger partial charge in [-0.3, -0.25) is 9.59 Å². The van der Waals surface area contributed by atoms with Crippen molar-refractivity contribution in [3.05, 3.63) is 59.7 Å². The Labute approximate surface area is 230 Å². The lowest BCUT2D eigenvalue weighted by Crippen LogP contribution is -2.45. The van der Waals surface area contributed by atoms with Gasteiger partial charge in [0.05, 0.1) is 0 Å². The van der Waals surface area contributed by atoms with Crippen LogP contribution in [0.25, 0.3) is 11.1 Å². The number of likely N-dealkylation sites (tertiary alicyclic amines) is 1. The Morgan fingerprint density at radius 1 is 0.947 bits per heavy atom. The molecule has 2 amide bonds. The van der Waals surface area contributed by atoms with Crippen molar-refractivity contribution in [1.29, 1.82) is 0 Å². The quantitative estimate of drug-likeness (QED) is 0.255. The summed E-state index contributed by atoms with van der Waals surface area (Å²) in [4.78, 5) is 29.5. The normalized spacial score (nSPS) is 14.9. The second-order valence-corrected chi connectivity index (χ2v) is 11.0. The average Bonchev–Trinajstić information content (AvgIpc) is 2.93. The first-order valence-electron chi connectivity index (χ1n) is 14.7. The van der Waals surface area contributed by atoms with Crippen LogP contribution in [0.2, 0.25) is 0 Å². The molecule has 5 heteroatoms. The summed E-state index contributed by atoms with van der Waals surface area (Å²) >= 11 is 0. The third kappa shape index (κ3) is 9.27. The Morgan fingerprint density at radius 2 is 1.66 bits per heavy atom. The lowest BCUT2D eigenvalue weighted by Gasteiger charge is -2.33. The lowest BCUT2D eigenvalue weighted by molar-refractivity contribution is -0.144. The van der Waals surface area contributed by atoms with E-state index >= 15 is 0 Å². The van der Waals surface area contributed by atoms with E-state index in [-0.39, 0.29) is 11.8 Å². The Kier molecular flexibility index (Phi) is 12.3. The Bertz CT molecular complexity index is 996. The minimum absolute atomic E-state index is 0.121. The van der Waals surface area contributed by atoms with Gasteiger partial charge in [0.25, 0.3) is 5.91 Å². The highest BCUT2D eigenvalue weighted by atomic mass is 16.5. The fraction of sp³-hybridized carbons (Fsp3) is 0.576. The third-order valence-electron chi connectivity index (χ3n) is 7.71. The summed E-state index contributed by atoms with van der Waals surface area (Å²) in [6.45, 7) is 9.23. The van der Waals surface area contributed by atoms with Gasteiger partial charge < -0.3 is 14.5 Å². The first-order valence-corrected chi connectivity index (χ1v) is 14.7. The van der Waals surface area contributed by atoms with E-state index in [4.69, 9.17) is 4.74 Å². The molecule has 0 aromatic heterocycles. The summed E-state index contributed by atoms with van der Waals surface area (Å²) in [5.74, 6) is 1.03. The van der Waals surface area contributed by atoms with Crippen LogP contribution in [0.15, 0.2) is 48.5 Å². The van der Waals surface area contributed by atoms with Crippen LogP contribution < -0.4 is 0 Å². The van der Waals surface area contributed by atoms with Crippen LogP contribution in [0.5, 0.6) is 0 Å². The molecular formula is C33H48N2O3. The summed E-state index contributed by atoms with van der Waals surface area (Å²) in [5, 5.41) is 0.